The lowest BCUT2D eigenvalue weighted by atomic mass is 9.99. The average molecular weight is 503 g/mol. The van der Waals surface area contributed by atoms with Crippen LogP contribution in [0, 0.1) is 6.92 Å². The Hall–Kier alpha value is -3.56. The summed E-state index contributed by atoms with van der Waals surface area (Å²) in [6, 6.07) is 16.5. The number of urea groups is 1. The van der Waals surface area contributed by atoms with E-state index < -0.39 is 11.3 Å². The number of pyridine rings is 1. The number of aryl methyl sites for hydroxylation is 1. The van der Waals surface area contributed by atoms with Gasteiger partial charge in [0, 0.05) is 31.0 Å². The van der Waals surface area contributed by atoms with Gasteiger partial charge in [0.2, 0.25) is 5.91 Å². The predicted octanol–water partition coefficient (Wildman–Crippen LogP) is 4.85. The maximum Gasteiger partial charge on any atom is 0.327 e. The van der Waals surface area contributed by atoms with Crippen molar-refractivity contribution in [3.05, 3.63) is 71.9 Å². The minimum Gasteiger partial charge on any atom is -0.457 e. The van der Waals surface area contributed by atoms with Gasteiger partial charge in [0.15, 0.2) is 0 Å². The molecule has 0 saturated carbocycles. The van der Waals surface area contributed by atoms with E-state index in [1.165, 1.54) is 11.8 Å². The smallest absolute Gasteiger partial charge is 0.327 e. The molecule has 36 heavy (non-hydrogen) atoms. The van der Waals surface area contributed by atoms with E-state index in [9.17, 15) is 9.59 Å². The van der Waals surface area contributed by atoms with Crippen LogP contribution in [-0.2, 0) is 9.53 Å². The number of carbonyl (C=O) groups is 2. The van der Waals surface area contributed by atoms with Crippen molar-refractivity contribution in [2.24, 2.45) is 0 Å². The molecule has 1 fully saturated rings. The Morgan fingerprint density at radius 3 is 2.69 bits per heavy atom. The van der Waals surface area contributed by atoms with Gasteiger partial charge in [-0.1, -0.05) is 30.0 Å². The molecule has 2 N–H and O–H groups in total. The number of ether oxygens (including phenoxy) is 2. The number of benzene rings is 2. The molecule has 3 aliphatic rings. The van der Waals surface area contributed by atoms with Crippen LogP contribution in [0.3, 0.4) is 0 Å². The molecule has 2 atom stereocenters. The van der Waals surface area contributed by atoms with Crippen LogP contribution >= 0.6 is 11.8 Å². The van der Waals surface area contributed by atoms with E-state index in [0.29, 0.717) is 19.0 Å². The Morgan fingerprint density at radius 1 is 1.11 bits per heavy atom. The van der Waals surface area contributed by atoms with Crippen LogP contribution in [0.15, 0.2) is 65.8 Å². The first-order valence-electron chi connectivity index (χ1n) is 12.1. The molecule has 6 rings (SSSR count). The number of aromatic nitrogens is 1. The molecule has 0 bridgehead atoms. The molecular formula is C27H26N4O4S. The van der Waals surface area contributed by atoms with Crippen LogP contribution < -0.4 is 20.3 Å². The van der Waals surface area contributed by atoms with Crippen LogP contribution in [0.5, 0.6) is 11.5 Å². The number of hydrogen-bond acceptors (Lipinski definition) is 6. The summed E-state index contributed by atoms with van der Waals surface area (Å²) in [4.78, 5) is 32.8. The fourth-order valence-electron chi connectivity index (χ4n) is 4.96. The molecule has 0 aliphatic carbocycles. The van der Waals surface area contributed by atoms with Gasteiger partial charge in [-0.25, -0.2) is 9.78 Å². The van der Waals surface area contributed by atoms with Gasteiger partial charge in [0.05, 0.1) is 17.4 Å². The molecule has 1 saturated heterocycles. The van der Waals surface area contributed by atoms with Crippen LogP contribution in [0.1, 0.15) is 30.0 Å². The molecule has 0 radical (unpaired) electrons. The zero-order chi connectivity index (χ0) is 24.6. The number of thioether (sulfide) groups is 1. The van der Waals surface area contributed by atoms with Crippen molar-refractivity contribution >= 4 is 35.1 Å². The SMILES string of the molecule is Cc1cc(Oc2ccccc2)ccc1N1C(=O)NC2c3c1ccnc3SC2C(=O)NC1CCOCC1. The highest BCUT2D eigenvalue weighted by Gasteiger charge is 2.47. The lowest BCUT2D eigenvalue weighted by Crippen LogP contribution is -2.50. The largest absolute Gasteiger partial charge is 0.457 e. The van der Waals surface area contributed by atoms with Gasteiger partial charge < -0.3 is 20.1 Å². The van der Waals surface area contributed by atoms with Crippen molar-refractivity contribution in [1.82, 2.24) is 15.6 Å². The molecule has 2 unspecified atom stereocenters. The van der Waals surface area contributed by atoms with E-state index in [4.69, 9.17) is 9.47 Å². The average Bonchev–Trinajstić information content (AvgIpc) is 3.26. The highest BCUT2D eigenvalue weighted by atomic mass is 32.2. The van der Waals surface area contributed by atoms with Gasteiger partial charge in [0.25, 0.3) is 0 Å². The van der Waals surface area contributed by atoms with E-state index in [0.717, 1.165) is 46.1 Å². The second kappa shape index (κ2) is 9.48. The molecule has 184 valence electrons. The molecule has 8 nitrogen and oxygen atoms in total. The van der Waals surface area contributed by atoms with E-state index in [1.807, 2.05) is 61.5 Å². The van der Waals surface area contributed by atoms with Crippen LogP contribution in [-0.4, -0.2) is 41.4 Å². The lowest BCUT2D eigenvalue weighted by molar-refractivity contribution is -0.122. The predicted molar refractivity (Wildman–Crippen MR) is 137 cm³/mol. The molecule has 3 amide bonds. The zero-order valence-electron chi connectivity index (χ0n) is 19.8. The fourth-order valence-corrected chi connectivity index (χ4v) is 6.19. The lowest BCUT2D eigenvalue weighted by Gasteiger charge is -2.35. The summed E-state index contributed by atoms with van der Waals surface area (Å²) in [6.45, 7) is 3.25. The first-order chi connectivity index (χ1) is 17.6. The second-order valence-corrected chi connectivity index (χ2v) is 10.2. The molecule has 1 aromatic heterocycles. The van der Waals surface area contributed by atoms with Crippen molar-refractivity contribution in [1.29, 1.82) is 0 Å². The number of nitrogens with zero attached hydrogens (tertiary/aromatic N) is 2. The topological polar surface area (TPSA) is 92.8 Å². The molecule has 9 heteroatoms. The molecule has 2 aromatic carbocycles. The third-order valence-corrected chi connectivity index (χ3v) is 8.01. The van der Waals surface area contributed by atoms with Gasteiger partial charge in [0.1, 0.15) is 21.8 Å². The summed E-state index contributed by atoms with van der Waals surface area (Å²) in [5.74, 6) is 1.36. The highest BCUT2D eigenvalue weighted by Crippen LogP contribution is 2.51. The molecule has 3 aliphatic heterocycles. The minimum absolute atomic E-state index is 0.0757. The Labute approximate surface area is 213 Å². The number of para-hydroxylation sites is 1. The first kappa shape index (κ1) is 22.9. The van der Waals surface area contributed by atoms with E-state index in [-0.39, 0.29) is 18.0 Å². The first-order valence-corrected chi connectivity index (χ1v) is 12.9. The van der Waals surface area contributed by atoms with E-state index in [2.05, 4.69) is 15.6 Å². The quantitative estimate of drug-likeness (QED) is 0.518. The standard InChI is InChI=1S/C27H26N4O4S/c1-16-15-19(35-18-5-3-2-4-6-18)7-8-20(16)31-21-9-12-28-26-22(21)23(30-27(31)33)24(36-26)25(32)29-17-10-13-34-14-11-17/h2-9,12,15,17,23-24H,10-11,13-14H2,1H3,(H,29,32)(H,30,33). The Bertz CT molecular complexity index is 1310. The fraction of sp³-hybridized carbons (Fsp3) is 0.296. The van der Waals surface area contributed by atoms with Gasteiger partial charge in [-0.15, -0.1) is 0 Å². The van der Waals surface area contributed by atoms with Crippen molar-refractivity contribution in [3.8, 4) is 11.5 Å². The summed E-state index contributed by atoms with van der Waals surface area (Å²) >= 11 is 1.41. The summed E-state index contributed by atoms with van der Waals surface area (Å²) in [6.07, 6.45) is 3.30. The molecule has 4 heterocycles. The van der Waals surface area contributed by atoms with Crippen molar-refractivity contribution in [3.63, 3.8) is 0 Å². The minimum atomic E-state index is -0.467. The molecule has 0 spiro atoms. The number of amides is 3. The molecule has 3 aromatic rings. The number of carbonyl (C=O) groups excluding carboxylic acids is 2. The number of hydrogen-bond donors (Lipinski definition) is 2. The normalized spacial score (nSPS) is 21.0. The maximum atomic E-state index is 13.4. The highest BCUT2D eigenvalue weighted by molar-refractivity contribution is 8.01. The van der Waals surface area contributed by atoms with Gasteiger partial charge in [-0.3, -0.25) is 9.69 Å². The second-order valence-electron chi connectivity index (χ2n) is 9.11. The van der Waals surface area contributed by atoms with Crippen LogP contribution in [0.4, 0.5) is 16.2 Å². The third-order valence-electron chi connectivity index (χ3n) is 6.72. The Kier molecular flexibility index (Phi) is 6.02. The summed E-state index contributed by atoms with van der Waals surface area (Å²) in [5.41, 5.74) is 3.28. The van der Waals surface area contributed by atoms with Gasteiger partial charge in [-0.2, -0.15) is 0 Å². The van der Waals surface area contributed by atoms with Crippen LogP contribution in [0.2, 0.25) is 0 Å². The number of anilines is 2. The third kappa shape index (κ3) is 4.18. The van der Waals surface area contributed by atoms with E-state index >= 15 is 0 Å². The zero-order valence-corrected chi connectivity index (χ0v) is 20.6. The van der Waals surface area contributed by atoms with Crippen molar-refractivity contribution in [2.75, 3.05) is 18.1 Å². The molecular weight excluding hydrogens is 476 g/mol. The van der Waals surface area contributed by atoms with Gasteiger partial charge >= 0.3 is 6.03 Å². The summed E-state index contributed by atoms with van der Waals surface area (Å²) < 4.78 is 11.4. The Morgan fingerprint density at radius 2 is 1.92 bits per heavy atom. The summed E-state index contributed by atoms with van der Waals surface area (Å²) in [7, 11) is 0. The van der Waals surface area contributed by atoms with Crippen molar-refractivity contribution in [2.45, 2.75) is 42.1 Å². The number of rotatable bonds is 5. The van der Waals surface area contributed by atoms with E-state index in [1.54, 1.807) is 11.1 Å². The Balaban J connectivity index is 1.27. The maximum absolute atomic E-state index is 13.4. The van der Waals surface area contributed by atoms with Gasteiger partial charge in [-0.05, 0) is 61.7 Å². The monoisotopic (exact) mass is 502 g/mol. The van der Waals surface area contributed by atoms with Crippen LogP contribution in [0.25, 0.3) is 0 Å². The summed E-state index contributed by atoms with van der Waals surface area (Å²) in [5, 5.41) is 6.54. The van der Waals surface area contributed by atoms with Crippen molar-refractivity contribution < 1.29 is 19.1 Å². The number of nitrogens with one attached hydrogen (secondary N) is 2.